The minimum atomic E-state index is -0.921. The SMILES string of the molecule is C#CCC(N)C(O)CC(=O)OCC. The summed E-state index contributed by atoms with van der Waals surface area (Å²) in [6, 6.07) is -0.561. The molecule has 0 aromatic heterocycles. The highest BCUT2D eigenvalue weighted by Crippen LogP contribution is 2.01. The number of hydrogen-bond acceptors (Lipinski definition) is 4. The van der Waals surface area contributed by atoms with E-state index in [4.69, 9.17) is 12.2 Å². The molecule has 0 fully saturated rings. The Morgan fingerprint density at radius 2 is 2.38 bits per heavy atom. The Bertz CT molecular complexity index is 198. The minimum Gasteiger partial charge on any atom is -0.466 e. The summed E-state index contributed by atoms with van der Waals surface area (Å²) in [5, 5.41) is 9.32. The van der Waals surface area contributed by atoms with Crippen LogP contribution in [-0.4, -0.2) is 29.8 Å². The lowest BCUT2D eigenvalue weighted by molar-refractivity contribution is -0.145. The fourth-order valence-electron chi connectivity index (χ4n) is 0.814. The molecule has 0 aliphatic rings. The molecule has 0 aromatic carbocycles. The van der Waals surface area contributed by atoms with E-state index >= 15 is 0 Å². The zero-order valence-electron chi connectivity index (χ0n) is 7.69. The topological polar surface area (TPSA) is 72.5 Å². The molecular weight excluding hydrogens is 170 g/mol. The van der Waals surface area contributed by atoms with Gasteiger partial charge in [-0.25, -0.2) is 0 Å². The van der Waals surface area contributed by atoms with Crippen molar-refractivity contribution in [3.05, 3.63) is 0 Å². The van der Waals surface area contributed by atoms with E-state index in [1.54, 1.807) is 6.92 Å². The minimum absolute atomic E-state index is 0.101. The van der Waals surface area contributed by atoms with Gasteiger partial charge in [0, 0.05) is 12.5 Å². The Kier molecular flexibility index (Phi) is 5.94. The van der Waals surface area contributed by atoms with Gasteiger partial charge in [-0.05, 0) is 6.92 Å². The van der Waals surface area contributed by atoms with Crippen LogP contribution in [0.4, 0.5) is 0 Å². The smallest absolute Gasteiger partial charge is 0.308 e. The number of aliphatic hydroxyl groups excluding tert-OH is 1. The molecule has 13 heavy (non-hydrogen) atoms. The fourth-order valence-corrected chi connectivity index (χ4v) is 0.814. The molecule has 4 nitrogen and oxygen atoms in total. The van der Waals surface area contributed by atoms with E-state index < -0.39 is 18.1 Å². The summed E-state index contributed by atoms with van der Waals surface area (Å²) in [4.78, 5) is 10.9. The maximum Gasteiger partial charge on any atom is 0.308 e. The third-order valence-corrected chi connectivity index (χ3v) is 1.53. The van der Waals surface area contributed by atoms with Crippen LogP contribution in [0, 0.1) is 12.3 Å². The largest absolute Gasteiger partial charge is 0.466 e. The third kappa shape index (κ3) is 5.23. The molecule has 0 saturated heterocycles. The first-order valence-electron chi connectivity index (χ1n) is 4.14. The average Bonchev–Trinajstić information content (AvgIpc) is 2.05. The number of ether oxygens (including phenoxy) is 1. The number of nitrogens with two attached hydrogens (primary N) is 1. The van der Waals surface area contributed by atoms with Gasteiger partial charge in [0.2, 0.25) is 0 Å². The van der Waals surface area contributed by atoms with Crippen molar-refractivity contribution < 1.29 is 14.6 Å². The molecule has 0 bridgehead atoms. The van der Waals surface area contributed by atoms with E-state index in [2.05, 4.69) is 10.7 Å². The zero-order valence-corrected chi connectivity index (χ0v) is 7.69. The van der Waals surface area contributed by atoms with Gasteiger partial charge in [0.05, 0.1) is 19.1 Å². The van der Waals surface area contributed by atoms with Crippen LogP contribution in [-0.2, 0) is 9.53 Å². The normalized spacial score (nSPS) is 14.3. The highest BCUT2D eigenvalue weighted by Gasteiger charge is 2.17. The lowest BCUT2D eigenvalue weighted by Gasteiger charge is -2.15. The lowest BCUT2D eigenvalue weighted by atomic mass is 10.1. The maximum atomic E-state index is 10.9. The molecule has 0 spiro atoms. The summed E-state index contributed by atoms with van der Waals surface area (Å²) in [5.41, 5.74) is 5.47. The molecule has 0 saturated carbocycles. The van der Waals surface area contributed by atoms with Gasteiger partial charge in [-0.3, -0.25) is 4.79 Å². The highest BCUT2D eigenvalue weighted by molar-refractivity contribution is 5.70. The number of aliphatic hydroxyl groups is 1. The van der Waals surface area contributed by atoms with E-state index in [0.717, 1.165) is 0 Å². The van der Waals surface area contributed by atoms with Crippen molar-refractivity contribution in [3.63, 3.8) is 0 Å². The lowest BCUT2D eigenvalue weighted by Crippen LogP contribution is -2.36. The second-order valence-electron chi connectivity index (χ2n) is 2.65. The van der Waals surface area contributed by atoms with E-state index in [1.165, 1.54) is 0 Å². The Morgan fingerprint density at radius 1 is 1.77 bits per heavy atom. The van der Waals surface area contributed by atoms with Crippen LogP contribution in [0.5, 0.6) is 0 Å². The van der Waals surface area contributed by atoms with Crippen LogP contribution < -0.4 is 5.73 Å². The number of carbonyl (C=O) groups is 1. The quantitative estimate of drug-likeness (QED) is 0.453. The van der Waals surface area contributed by atoms with Gasteiger partial charge in [-0.15, -0.1) is 12.3 Å². The first-order valence-corrected chi connectivity index (χ1v) is 4.14. The monoisotopic (exact) mass is 185 g/mol. The molecule has 0 heterocycles. The highest BCUT2D eigenvalue weighted by atomic mass is 16.5. The fraction of sp³-hybridized carbons (Fsp3) is 0.667. The number of terminal acetylenes is 1. The molecule has 2 atom stereocenters. The van der Waals surface area contributed by atoms with Crippen LogP contribution >= 0.6 is 0 Å². The van der Waals surface area contributed by atoms with Crippen LogP contribution in [0.2, 0.25) is 0 Å². The summed E-state index contributed by atoms with van der Waals surface area (Å²) in [5.74, 6) is 1.86. The second kappa shape index (κ2) is 6.46. The Hall–Kier alpha value is -1.05. The van der Waals surface area contributed by atoms with Crippen molar-refractivity contribution in [1.82, 2.24) is 0 Å². The van der Waals surface area contributed by atoms with Gasteiger partial charge in [0.15, 0.2) is 0 Å². The number of esters is 1. The predicted octanol–water partition coefficient (Wildman–Crippen LogP) is -0.349. The van der Waals surface area contributed by atoms with Crippen molar-refractivity contribution in [2.45, 2.75) is 31.9 Å². The Balaban J connectivity index is 3.79. The molecular formula is C9H15NO3. The van der Waals surface area contributed by atoms with Crippen LogP contribution in [0.1, 0.15) is 19.8 Å². The predicted molar refractivity (Wildman–Crippen MR) is 48.7 cm³/mol. The first-order chi connectivity index (χ1) is 6.11. The number of carbonyl (C=O) groups excluding carboxylic acids is 1. The van der Waals surface area contributed by atoms with Crippen LogP contribution in [0.25, 0.3) is 0 Å². The maximum absolute atomic E-state index is 10.9. The Morgan fingerprint density at radius 3 is 2.85 bits per heavy atom. The van der Waals surface area contributed by atoms with Crippen molar-refractivity contribution >= 4 is 5.97 Å². The molecule has 2 unspecified atom stereocenters. The van der Waals surface area contributed by atoms with Gasteiger partial charge in [0.25, 0.3) is 0 Å². The van der Waals surface area contributed by atoms with Crippen molar-refractivity contribution in [3.8, 4) is 12.3 Å². The Labute approximate surface area is 78.1 Å². The molecule has 0 aromatic rings. The zero-order chi connectivity index (χ0) is 10.3. The van der Waals surface area contributed by atoms with E-state index in [1.807, 2.05) is 0 Å². The second-order valence-corrected chi connectivity index (χ2v) is 2.65. The van der Waals surface area contributed by atoms with E-state index in [0.29, 0.717) is 6.61 Å². The standard InChI is InChI=1S/C9H15NO3/c1-3-5-7(10)8(11)6-9(12)13-4-2/h1,7-8,11H,4-6,10H2,2H3. The van der Waals surface area contributed by atoms with Gasteiger partial charge in [0.1, 0.15) is 0 Å². The van der Waals surface area contributed by atoms with Gasteiger partial charge in [-0.2, -0.15) is 0 Å². The average molecular weight is 185 g/mol. The summed E-state index contributed by atoms with van der Waals surface area (Å²) in [6.07, 6.45) is 4.23. The molecule has 3 N–H and O–H groups in total. The summed E-state index contributed by atoms with van der Waals surface area (Å²) >= 11 is 0. The van der Waals surface area contributed by atoms with Crippen molar-refractivity contribution in [2.75, 3.05) is 6.61 Å². The molecule has 0 aliphatic heterocycles. The van der Waals surface area contributed by atoms with Crippen LogP contribution in [0.3, 0.4) is 0 Å². The molecule has 74 valence electrons. The molecule has 0 rings (SSSR count). The molecule has 0 radical (unpaired) electrons. The van der Waals surface area contributed by atoms with Crippen LogP contribution in [0.15, 0.2) is 0 Å². The van der Waals surface area contributed by atoms with Crippen molar-refractivity contribution in [1.29, 1.82) is 0 Å². The molecule has 0 aliphatic carbocycles. The van der Waals surface area contributed by atoms with Gasteiger partial charge < -0.3 is 15.6 Å². The van der Waals surface area contributed by atoms with Crippen molar-refractivity contribution in [2.24, 2.45) is 5.73 Å². The number of hydrogen-bond donors (Lipinski definition) is 2. The van der Waals surface area contributed by atoms with E-state index in [9.17, 15) is 9.90 Å². The third-order valence-electron chi connectivity index (χ3n) is 1.53. The van der Waals surface area contributed by atoms with E-state index in [-0.39, 0.29) is 12.8 Å². The summed E-state index contributed by atoms with van der Waals surface area (Å²) in [6.45, 7) is 2.00. The summed E-state index contributed by atoms with van der Waals surface area (Å²) < 4.78 is 4.63. The molecule has 4 heteroatoms. The number of rotatable bonds is 5. The van der Waals surface area contributed by atoms with Gasteiger partial charge in [-0.1, -0.05) is 0 Å². The summed E-state index contributed by atoms with van der Waals surface area (Å²) in [7, 11) is 0. The first kappa shape index (κ1) is 11.9. The molecule has 0 amide bonds. The van der Waals surface area contributed by atoms with Gasteiger partial charge >= 0.3 is 5.97 Å².